The van der Waals surface area contributed by atoms with E-state index in [9.17, 15) is 0 Å². The molecule has 1 aromatic heterocycles. The molecule has 21 heavy (non-hydrogen) atoms. The van der Waals surface area contributed by atoms with Gasteiger partial charge in [0.25, 0.3) is 0 Å². The number of methoxy groups -OCH3 is 1. The molecule has 112 valence electrons. The van der Waals surface area contributed by atoms with E-state index in [0.717, 1.165) is 41.2 Å². The van der Waals surface area contributed by atoms with Gasteiger partial charge in [0.05, 0.1) is 12.8 Å². The second-order valence-electron chi connectivity index (χ2n) is 5.41. The molecule has 3 rings (SSSR count). The van der Waals surface area contributed by atoms with Gasteiger partial charge in [-0.3, -0.25) is 4.68 Å². The first kappa shape index (κ1) is 13.9. The van der Waals surface area contributed by atoms with Crippen LogP contribution in [0.15, 0.2) is 24.4 Å². The SMILES string of the molecule is CCc1nn(C)cc1C1C[C@@H](N)c2cc(OC)ccc2O1. The molecule has 2 N–H and O–H groups in total. The van der Waals surface area contributed by atoms with Gasteiger partial charge < -0.3 is 15.2 Å². The predicted molar refractivity (Wildman–Crippen MR) is 80.5 cm³/mol. The van der Waals surface area contributed by atoms with Crippen molar-refractivity contribution in [1.29, 1.82) is 0 Å². The van der Waals surface area contributed by atoms with E-state index in [0.29, 0.717) is 0 Å². The normalized spacial score (nSPS) is 20.8. The van der Waals surface area contributed by atoms with Crippen LogP contribution in [0.2, 0.25) is 0 Å². The molecule has 0 radical (unpaired) electrons. The standard InChI is InChI=1S/C16H21N3O2/c1-4-14-12(9-19(2)18-14)16-8-13(17)11-7-10(20-3)5-6-15(11)21-16/h5-7,9,13,16H,4,8,17H2,1-3H3/t13-,16?/m1/s1. The summed E-state index contributed by atoms with van der Waals surface area (Å²) in [5.74, 6) is 1.65. The Morgan fingerprint density at radius 2 is 2.24 bits per heavy atom. The molecular formula is C16H21N3O2. The smallest absolute Gasteiger partial charge is 0.129 e. The van der Waals surface area contributed by atoms with E-state index < -0.39 is 0 Å². The van der Waals surface area contributed by atoms with Gasteiger partial charge in [-0.05, 0) is 24.6 Å². The van der Waals surface area contributed by atoms with Crippen LogP contribution >= 0.6 is 0 Å². The zero-order valence-corrected chi connectivity index (χ0v) is 12.7. The topological polar surface area (TPSA) is 62.3 Å². The number of hydrogen-bond donors (Lipinski definition) is 1. The summed E-state index contributed by atoms with van der Waals surface area (Å²) < 4.78 is 13.3. The predicted octanol–water partition coefficient (Wildman–Crippen LogP) is 2.51. The van der Waals surface area contributed by atoms with Crippen LogP contribution in [0, 0.1) is 0 Å². The Morgan fingerprint density at radius 1 is 1.43 bits per heavy atom. The van der Waals surface area contributed by atoms with Gasteiger partial charge in [0.1, 0.15) is 17.6 Å². The van der Waals surface area contributed by atoms with Crippen LogP contribution in [-0.4, -0.2) is 16.9 Å². The number of nitrogens with zero attached hydrogens (tertiary/aromatic N) is 2. The summed E-state index contributed by atoms with van der Waals surface area (Å²) in [5, 5.41) is 4.49. The highest BCUT2D eigenvalue weighted by molar-refractivity contribution is 5.44. The summed E-state index contributed by atoms with van der Waals surface area (Å²) in [4.78, 5) is 0. The fraction of sp³-hybridized carbons (Fsp3) is 0.438. The Balaban J connectivity index is 1.94. The number of rotatable bonds is 3. The second kappa shape index (κ2) is 5.41. The highest BCUT2D eigenvalue weighted by Gasteiger charge is 2.29. The molecule has 2 aromatic rings. The number of aryl methyl sites for hydroxylation is 2. The highest BCUT2D eigenvalue weighted by atomic mass is 16.5. The summed E-state index contributed by atoms with van der Waals surface area (Å²) in [6.45, 7) is 2.10. The average molecular weight is 287 g/mol. The quantitative estimate of drug-likeness (QED) is 0.942. The fourth-order valence-electron chi connectivity index (χ4n) is 2.90. The maximum Gasteiger partial charge on any atom is 0.129 e. The number of nitrogens with two attached hydrogens (primary N) is 1. The summed E-state index contributed by atoms with van der Waals surface area (Å²) in [6.07, 6.45) is 3.63. The van der Waals surface area contributed by atoms with Gasteiger partial charge in [0.2, 0.25) is 0 Å². The Bertz CT molecular complexity index is 651. The maximum absolute atomic E-state index is 6.33. The van der Waals surface area contributed by atoms with Crippen LogP contribution in [0.25, 0.3) is 0 Å². The minimum absolute atomic E-state index is 0.0375. The van der Waals surface area contributed by atoms with Gasteiger partial charge in [0.15, 0.2) is 0 Å². The van der Waals surface area contributed by atoms with Crippen LogP contribution in [-0.2, 0) is 13.5 Å². The lowest BCUT2D eigenvalue weighted by molar-refractivity contribution is 0.160. The summed E-state index contributed by atoms with van der Waals surface area (Å²) in [6, 6.07) is 5.74. The first-order valence-corrected chi connectivity index (χ1v) is 7.25. The van der Waals surface area contributed by atoms with Crippen molar-refractivity contribution >= 4 is 0 Å². The van der Waals surface area contributed by atoms with Crippen molar-refractivity contribution in [1.82, 2.24) is 9.78 Å². The van der Waals surface area contributed by atoms with Gasteiger partial charge >= 0.3 is 0 Å². The molecular weight excluding hydrogens is 266 g/mol. The van der Waals surface area contributed by atoms with Crippen molar-refractivity contribution in [2.75, 3.05) is 7.11 Å². The molecule has 0 bridgehead atoms. The largest absolute Gasteiger partial charge is 0.497 e. The molecule has 5 nitrogen and oxygen atoms in total. The van der Waals surface area contributed by atoms with E-state index >= 15 is 0 Å². The molecule has 5 heteroatoms. The summed E-state index contributed by atoms with van der Waals surface area (Å²) >= 11 is 0. The number of fused-ring (bicyclic) bond motifs is 1. The van der Waals surface area contributed by atoms with Crippen molar-refractivity contribution in [2.45, 2.75) is 31.9 Å². The molecule has 2 heterocycles. The van der Waals surface area contributed by atoms with E-state index in [-0.39, 0.29) is 12.1 Å². The van der Waals surface area contributed by atoms with Gasteiger partial charge in [-0.1, -0.05) is 6.92 Å². The number of aromatic nitrogens is 2. The number of hydrogen-bond acceptors (Lipinski definition) is 4. The van der Waals surface area contributed by atoms with Crippen molar-refractivity contribution in [2.24, 2.45) is 12.8 Å². The van der Waals surface area contributed by atoms with Crippen molar-refractivity contribution < 1.29 is 9.47 Å². The monoisotopic (exact) mass is 287 g/mol. The third-order valence-electron chi connectivity index (χ3n) is 3.97. The van der Waals surface area contributed by atoms with E-state index in [4.69, 9.17) is 15.2 Å². The van der Waals surface area contributed by atoms with Crippen molar-refractivity contribution in [3.8, 4) is 11.5 Å². The lowest BCUT2D eigenvalue weighted by Crippen LogP contribution is -2.24. The molecule has 2 atom stereocenters. The van der Waals surface area contributed by atoms with Crippen LogP contribution in [0.5, 0.6) is 11.5 Å². The fourth-order valence-corrected chi connectivity index (χ4v) is 2.90. The van der Waals surface area contributed by atoms with E-state index in [1.807, 2.05) is 36.1 Å². The summed E-state index contributed by atoms with van der Waals surface area (Å²) in [5.41, 5.74) is 9.55. The molecule has 0 saturated heterocycles. The molecule has 0 saturated carbocycles. The van der Waals surface area contributed by atoms with Gasteiger partial charge in [-0.15, -0.1) is 0 Å². The van der Waals surface area contributed by atoms with Gasteiger partial charge in [-0.25, -0.2) is 0 Å². The third-order valence-corrected chi connectivity index (χ3v) is 3.97. The number of benzene rings is 1. The zero-order chi connectivity index (χ0) is 15.0. The van der Waals surface area contributed by atoms with E-state index in [2.05, 4.69) is 12.0 Å². The molecule has 1 aliphatic heterocycles. The van der Waals surface area contributed by atoms with Crippen LogP contribution in [0.1, 0.15) is 42.3 Å². The Labute approximate surface area is 124 Å². The average Bonchev–Trinajstić information content (AvgIpc) is 2.88. The first-order chi connectivity index (χ1) is 10.1. The molecule has 1 aliphatic rings. The molecule has 0 aliphatic carbocycles. The van der Waals surface area contributed by atoms with Crippen molar-refractivity contribution in [3.05, 3.63) is 41.2 Å². The molecule has 0 fully saturated rings. The first-order valence-electron chi connectivity index (χ1n) is 7.25. The van der Waals surface area contributed by atoms with Crippen LogP contribution in [0.4, 0.5) is 0 Å². The Morgan fingerprint density at radius 3 is 2.95 bits per heavy atom. The second-order valence-corrected chi connectivity index (χ2v) is 5.41. The lowest BCUT2D eigenvalue weighted by atomic mass is 9.93. The van der Waals surface area contributed by atoms with E-state index in [1.165, 1.54) is 0 Å². The van der Waals surface area contributed by atoms with Gasteiger partial charge in [0, 0.05) is 36.8 Å². The third kappa shape index (κ3) is 2.49. The maximum atomic E-state index is 6.33. The Hall–Kier alpha value is -2.01. The zero-order valence-electron chi connectivity index (χ0n) is 12.7. The summed E-state index contributed by atoms with van der Waals surface area (Å²) in [7, 11) is 3.59. The van der Waals surface area contributed by atoms with Gasteiger partial charge in [-0.2, -0.15) is 5.10 Å². The molecule has 0 spiro atoms. The van der Waals surface area contributed by atoms with E-state index in [1.54, 1.807) is 7.11 Å². The molecule has 1 unspecified atom stereocenters. The minimum atomic E-state index is -0.0567. The Kier molecular flexibility index (Phi) is 3.59. The van der Waals surface area contributed by atoms with Crippen LogP contribution < -0.4 is 15.2 Å². The molecule has 0 amide bonds. The van der Waals surface area contributed by atoms with Crippen LogP contribution in [0.3, 0.4) is 0 Å². The lowest BCUT2D eigenvalue weighted by Gasteiger charge is -2.30. The highest BCUT2D eigenvalue weighted by Crippen LogP contribution is 2.41. The van der Waals surface area contributed by atoms with Crippen molar-refractivity contribution in [3.63, 3.8) is 0 Å². The minimum Gasteiger partial charge on any atom is -0.497 e. The molecule has 1 aromatic carbocycles. The number of ether oxygens (including phenoxy) is 2.